The minimum Gasteiger partial charge on any atom is -0.497 e. The summed E-state index contributed by atoms with van der Waals surface area (Å²) in [6.07, 6.45) is 0. The van der Waals surface area contributed by atoms with Crippen LogP contribution >= 0.6 is 23.1 Å². The van der Waals surface area contributed by atoms with Gasteiger partial charge in [0.25, 0.3) is 5.69 Å². The molecular formula is C24H23N3O4S2. The van der Waals surface area contributed by atoms with Crippen LogP contribution in [0.4, 0.5) is 11.4 Å². The van der Waals surface area contributed by atoms with E-state index >= 15 is 0 Å². The number of fused-ring (bicyclic) bond motifs is 1. The first-order valence-electron chi connectivity index (χ1n) is 10.3. The number of rotatable bonds is 10. The molecule has 33 heavy (non-hydrogen) atoms. The Hall–Kier alpha value is -3.30. The first-order valence-corrected chi connectivity index (χ1v) is 12.2. The molecule has 0 bridgehead atoms. The standard InChI is InChI=1S/C24H23N3O4S2/c1-30-18-6-3-16(4-7-18)15-32-12-11-25-20-9-5-17(13-22(20)27(28)29)24-26-21-10-8-19(31-2)14-23(21)33-24/h3-10,13-14,25H,11-12,15H2,1-2H3. The second kappa shape index (κ2) is 10.5. The summed E-state index contributed by atoms with van der Waals surface area (Å²) >= 11 is 3.25. The fourth-order valence-electron chi connectivity index (χ4n) is 3.29. The number of thioether (sulfide) groups is 1. The molecule has 170 valence electrons. The fourth-order valence-corrected chi connectivity index (χ4v) is 5.10. The molecule has 0 amide bonds. The molecule has 1 aromatic heterocycles. The maximum Gasteiger partial charge on any atom is 0.293 e. The van der Waals surface area contributed by atoms with Crippen LogP contribution in [0.1, 0.15) is 5.56 Å². The molecular weight excluding hydrogens is 458 g/mol. The van der Waals surface area contributed by atoms with Gasteiger partial charge in [0.1, 0.15) is 22.2 Å². The Bertz CT molecular complexity index is 1260. The van der Waals surface area contributed by atoms with Crippen molar-refractivity contribution >= 4 is 44.7 Å². The Morgan fingerprint density at radius 2 is 1.79 bits per heavy atom. The SMILES string of the molecule is COc1ccc(CSCCNc2ccc(-c3nc4ccc(OC)cc4s3)cc2[N+](=O)[O-])cc1. The summed E-state index contributed by atoms with van der Waals surface area (Å²) in [5.74, 6) is 3.29. The number of hydrogen-bond acceptors (Lipinski definition) is 8. The molecule has 0 radical (unpaired) electrons. The Morgan fingerprint density at radius 1 is 1.03 bits per heavy atom. The summed E-state index contributed by atoms with van der Waals surface area (Å²) in [4.78, 5) is 16.0. The molecule has 0 aliphatic carbocycles. The number of anilines is 1. The van der Waals surface area contributed by atoms with E-state index in [0.717, 1.165) is 43.8 Å². The number of nitrogens with zero attached hydrogens (tertiary/aromatic N) is 2. The van der Waals surface area contributed by atoms with Crippen LogP contribution in [0.5, 0.6) is 11.5 Å². The molecule has 0 unspecified atom stereocenters. The van der Waals surface area contributed by atoms with Crippen LogP contribution in [-0.4, -0.2) is 36.4 Å². The minimum absolute atomic E-state index is 0.0458. The third-order valence-corrected chi connectivity index (χ3v) is 7.12. The highest BCUT2D eigenvalue weighted by atomic mass is 32.2. The van der Waals surface area contributed by atoms with Crippen LogP contribution in [0.15, 0.2) is 60.7 Å². The molecule has 0 spiro atoms. The van der Waals surface area contributed by atoms with Crippen LogP contribution in [0.25, 0.3) is 20.8 Å². The summed E-state index contributed by atoms with van der Waals surface area (Å²) in [5, 5.41) is 15.6. The summed E-state index contributed by atoms with van der Waals surface area (Å²) < 4.78 is 11.4. The topological polar surface area (TPSA) is 86.5 Å². The lowest BCUT2D eigenvalue weighted by Gasteiger charge is -2.08. The quantitative estimate of drug-likeness (QED) is 0.163. The van der Waals surface area contributed by atoms with E-state index in [1.807, 2.05) is 48.5 Å². The molecule has 0 saturated heterocycles. The van der Waals surface area contributed by atoms with E-state index in [1.165, 1.54) is 16.9 Å². The van der Waals surface area contributed by atoms with Gasteiger partial charge in [-0.1, -0.05) is 12.1 Å². The second-order valence-corrected chi connectivity index (χ2v) is 9.30. The number of nitro groups is 1. The number of hydrogen-bond donors (Lipinski definition) is 1. The highest BCUT2D eigenvalue weighted by Gasteiger charge is 2.17. The lowest BCUT2D eigenvalue weighted by Crippen LogP contribution is -2.06. The smallest absolute Gasteiger partial charge is 0.293 e. The highest BCUT2D eigenvalue weighted by molar-refractivity contribution is 7.98. The lowest BCUT2D eigenvalue weighted by molar-refractivity contribution is -0.383. The molecule has 0 atom stereocenters. The number of nitro benzene ring substituents is 1. The van der Waals surface area contributed by atoms with Crippen LogP contribution in [0.3, 0.4) is 0 Å². The first kappa shape index (κ1) is 22.9. The number of methoxy groups -OCH3 is 2. The van der Waals surface area contributed by atoms with Crippen molar-refractivity contribution in [3.63, 3.8) is 0 Å². The van der Waals surface area contributed by atoms with Gasteiger partial charge in [-0.05, 0) is 48.0 Å². The number of thiazole rings is 1. The van der Waals surface area contributed by atoms with Gasteiger partial charge >= 0.3 is 0 Å². The van der Waals surface area contributed by atoms with E-state index in [2.05, 4.69) is 10.3 Å². The fraction of sp³-hybridized carbons (Fsp3) is 0.208. The molecule has 4 rings (SSSR count). The molecule has 0 aliphatic heterocycles. The van der Waals surface area contributed by atoms with E-state index in [4.69, 9.17) is 9.47 Å². The normalized spacial score (nSPS) is 10.8. The molecule has 9 heteroatoms. The van der Waals surface area contributed by atoms with Gasteiger partial charge in [-0.15, -0.1) is 11.3 Å². The minimum atomic E-state index is -0.354. The van der Waals surface area contributed by atoms with Gasteiger partial charge in [-0.25, -0.2) is 4.98 Å². The average Bonchev–Trinajstić information content (AvgIpc) is 3.27. The zero-order valence-electron chi connectivity index (χ0n) is 18.2. The summed E-state index contributed by atoms with van der Waals surface area (Å²) in [6.45, 7) is 0.627. The third kappa shape index (κ3) is 5.55. The van der Waals surface area contributed by atoms with Gasteiger partial charge in [0.15, 0.2) is 0 Å². The van der Waals surface area contributed by atoms with Gasteiger partial charge in [0.05, 0.1) is 29.4 Å². The number of ether oxygens (including phenoxy) is 2. The van der Waals surface area contributed by atoms with Crippen molar-refractivity contribution in [2.45, 2.75) is 5.75 Å². The lowest BCUT2D eigenvalue weighted by atomic mass is 10.2. The monoisotopic (exact) mass is 481 g/mol. The third-order valence-electron chi connectivity index (χ3n) is 5.03. The van der Waals surface area contributed by atoms with Crippen molar-refractivity contribution in [2.75, 3.05) is 31.8 Å². The zero-order valence-corrected chi connectivity index (χ0v) is 19.9. The molecule has 7 nitrogen and oxygen atoms in total. The summed E-state index contributed by atoms with van der Waals surface area (Å²) in [7, 11) is 3.27. The predicted molar refractivity (Wildman–Crippen MR) is 136 cm³/mol. The molecule has 0 aliphatic rings. The van der Waals surface area contributed by atoms with Gasteiger partial charge in [-0.2, -0.15) is 11.8 Å². The van der Waals surface area contributed by atoms with Crippen molar-refractivity contribution < 1.29 is 14.4 Å². The number of benzene rings is 3. The average molecular weight is 482 g/mol. The maximum atomic E-state index is 11.7. The molecule has 4 aromatic rings. The molecule has 1 N–H and O–H groups in total. The van der Waals surface area contributed by atoms with E-state index in [0.29, 0.717) is 12.2 Å². The Morgan fingerprint density at radius 3 is 2.52 bits per heavy atom. The van der Waals surface area contributed by atoms with E-state index < -0.39 is 0 Å². The van der Waals surface area contributed by atoms with Gasteiger partial charge in [0.2, 0.25) is 0 Å². The van der Waals surface area contributed by atoms with Crippen LogP contribution in [0.2, 0.25) is 0 Å². The van der Waals surface area contributed by atoms with Crippen molar-refractivity contribution in [3.05, 3.63) is 76.3 Å². The first-order chi connectivity index (χ1) is 16.1. The van der Waals surface area contributed by atoms with E-state index in [1.54, 1.807) is 38.1 Å². The summed E-state index contributed by atoms with van der Waals surface area (Å²) in [6, 6.07) is 18.9. The van der Waals surface area contributed by atoms with Gasteiger partial charge in [0, 0.05) is 29.7 Å². The zero-order chi connectivity index (χ0) is 23.2. The number of aromatic nitrogens is 1. The molecule has 3 aromatic carbocycles. The Balaban J connectivity index is 1.40. The van der Waals surface area contributed by atoms with Crippen LogP contribution in [-0.2, 0) is 5.75 Å². The predicted octanol–water partition coefficient (Wildman–Crippen LogP) is 6.23. The van der Waals surface area contributed by atoms with E-state index in [-0.39, 0.29) is 10.6 Å². The van der Waals surface area contributed by atoms with Gasteiger partial charge < -0.3 is 14.8 Å². The molecule has 1 heterocycles. The largest absolute Gasteiger partial charge is 0.497 e. The Labute approximate surface area is 199 Å². The van der Waals surface area contributed by atoms with Gasteiger partial charge in [-0.3, -0.25) is 10.1 Å². The van der Waals surface area contributed by atoms with Crippen molar-refractivity contribution in [1.29, 1.82) is 0 Å². The molecule has 0 saturated carbocycles. The van der Waals surface area contributed by atoms with Crippen molar-refractivity contribution in [3.8, 4) is 22.1 Å². The highest BCUT2D eigenvalue weighted by Crippen LogP contribution is 2.36. The summed E-state index contributed by atoms with van der Waals surface area (Å²) in [5.41, 5.74) is 3.33. The van der Waals surface area contributed by atoms with E-state index in [9.17, 15) is 10.1 Å². The van der Waals surface area contributed by atoms with Crippen molar-refractivity contribution in [1.82, 2.24) is 4.98 Å². The second-order valence-electron chi connectivity index (χ2n) is 7.17. The van der Waals surface area contributed by atoms with Crippen LogP contribution < -0.4 is 14.8 Å². The maximum absolute atomic E-state index is 11.7. The Kier molecular flexibility index (Phi) is 7.31. The van der Waals surface area contributed by atoms with Crippen LogP contribution in [0, 0.1) is 10.1 Å². The van der Waals surface area contributed by atoms with Crippen molar-refractivity contribution in [2.24, 2.45) is 0 Å². The number of nitrogens with one attached hydrogen (secondary N) is 1. The molecule has 0 fully saturated rings.